The van der Waals surface area contributed by atoms with Gasteiger partial charge in [0, 0.05) is 49.9 Å². The van der Waals surface area contributed by atoms with Gasteiger partial charge in [0.15, 0.2) is 5.82 Å². The second-order valence-electron chi connectivity index (χ2n) is 10.1. The van der Waals surface area contributed by atoms with Crippen LogP contribution in [0.25, 0.3) is 33.4 Å². The van der Waals surface area contributed by atoms with Gasteiger partial charge in [-0.1, -0.05) is 71.9 Å². The summed E-state index contributed by atoms with van der Waals surface area (Å²) in [4.78, 5) is 23.6. The predicted octanol–water partition coefficient (Wildman–Crippen LogP) is 5.60. The van der Waals surface area contributed by atoms with Crippen molar-refractivity contribution in [1.29, 1.82) is 0 Å². The van der Waals surface area contributed by atoms with Gasteiger partial charge in [0.2, 0.25) is 0 Å². The standard InChI is InChI=1S/C33H31N7O2/c1-34-33(41)27-18-35-32(40(19-22-10-6-4-7-11-22)20-23-12-8-5-9-13-23)31-26(27)17-28(36-31)25-15-14-24(16-30(25)42-3)29-21-39(2)38-37-29/h4-18,21,36H,19-20H2,1-3H3,(H,34,41). The quantitative estimate of drug-likeness (QED) is 0.240. The number of carbonyl (C=O) groups is 1. The molecule has 0 unspecified atom stereocenters. The summed E-state index contributed by atoms with van der Waals surface area (Å²) in [5.41, 5.74) is 6.90. The van der Waals surface area contributed by atoms with E-state index in [1.54, 1.807) is 25.0 Å². The number of benzene rings is 3. The Labute approximate surface area is 243 Å². The number of H-pyrrole nitrogens is 1. The zero-order valence-electron chi connectivity index (χ0n) is 23.7. The Bertz CT molecular complexity index is 1800. The number of hydrogen-bond acceptors (Lipinski definition) is 6. The summed E-state index contributed by atoms with van der Waals surface area (Å²) < 4.78 is 7.48. The molecule has 42 heavy (non-hydrogen) atoms. The average molecular weight is 558 g/mol. The van der Waals surface area contributed by atoms with E-state index in [4.69, 9.17) is 9.72 Å². The molecule has 9 nitrogen and oxygen atoms in total. The maximum Gasteiger partial charge on any atom is 0.253 e. The maximum absolute atomic E-state index is 12.9. The van der Waals surface area contributed by atoms with Gasteiger partial charge < -0.3 is 19.9 Å². The number of amides is 1. The van der Waals surface area contributed by atoms with E-state index in [9.17, 15) is 4.79 Å². The van der Waals surface area contributed by atoms with Crippen LogP contribution in [0.2, 0.25) is 0 Å². The number of nitrogens with one attached hydrogen (secondary N) is 2. The molecule has 1 amide bonds. The minimum atomic E-state index is -0.202. The van der Waals surface area contributed by atoms with Crippen LogP contribution in [0.3, 0.4) is 0 Å². The molecule has 0 bridgehead atoms. The molecule has 6 rings (SSSR count). The highest BCUT2D eigenvalue weighted by atomic mass is 16.5. The predicted molar refractivity (Wildman–Crippen MR) is 164 cm³/mol. The fraction of sp³-hybridized carbons (Fsp3) is 0.152. The Hall–Kier alpha value is -5.44. The van der Waals surface area contributed by atoms with Gasteiger partial charge in [0.05, 0.1) is 30.1 Å². The van der Waals surface area contributed by atoms with E-state index in [2.05, 4.69) is 49.8 Å². The molecule has 0 aliphatic carbocycles. The Morgan fingerprint density at radius 3 is 2.26 bits per heavy atom. The van der Waals surface area contributed by atoms with Gasteiger partial charge in [-0.05, 0) is 29.3 Å². The Kier molecular flexibility index (Phi) is 7.38. The normalized spacial score (nSPS) is 11.0. The molecule has 9 heteroatoms. The molecular weight excluding hydrogens is 526 g/mol. The third kappa shape index (κ3) is 5.32. The molecular formula is C33H31N7O2. The lowest BCUT2D eigenvalue weighted by atomic mass is 10.0. The summed E-state index contributed by atoms with van der Waals surface area (Å²) in [6.45, 7) is 1.28. The number of aromatic nitrogens is 5. The van der Waals surface area contributed by atoms with E-state index in [0.717, 1.165) is 50.4 Å². The molecule has 0 saturated heterocycles. The van der Waals surface area contributed by atoms with Crippen molar-refractivity contribution in [2.45, 2.75) is 13.1 Å². The van der Waals surface area contributed by atoms with Gasteiger partial charge in [-0.2, -0.15) is 0 Å². The van der Waals surface area contributed by atoms with Gasteiger partial charge in [-0.15, -0.1) is 5.10 Å². The van der Waals surface area contributed by atoms with Crippen molar-refractivity contribution >= 4 is 22.6 Å². The lowest BCUT2D eigenvalue weighted by Crippen LogP contribution is -2.24. The van der Waals surface area contributed by atoms with Crippen molar-refractivity contribution < 1.29 is 9.53 Å². The average Bonchev–Trinajstić information content (AvgIpc) is 3.67. The molecule has 3 heterocycles. The van der Waals surface area contributed by atoms with Crippen molar-refractivity contribution in [2.75, 3.05) is 19.1 Å². The molecule has 0 radical (unpaired) electrons. The topological polar surface area (TPSA) is 101 Å². The minimum absolute atomic E-state index is 0.202. The Morgan fingerprint density at radius 2 is 1.67 bits per heavy atom. The molecule has 2 N–H and O–H groups in total. The number of pyridine rings is 1. The van der Waals surface area contributed by atoms with Crippen LogP contribution < -0.4 is 15.0 Å². The zero-order chi connectivity index (χ0) is 29.1. The van der Waals surface area contributed by atoms with Crippen LogP contribution in [0.1, 0.15) is 21.5 Å². The zero-order valence-corrected chi connectivity index (χ0v) is 23.7. The van der Waals surface area contributed by atoms with Crippen LogP contribution in [0.4, 0.5) is 5.82 Å². The van der Waals surface area contributed by atoms with Crippen LogP contribution in [0, 0.1) is 0 Å². The van der Waals surface area contributed by atoms with E-state index in [1.165, 1.54) is 0 Å². The molecule has 6 aromatic rings. The first kappa shape index (κ1) is 26.8. The monoisotopic (exact) mass is 557 g/mol. The molecule has 3 aromatic carbocycles. The summed E-state index contributed by atoms with van der Waals surface area (Å²) >= 11 is 0. The number of hydrogen-bond donors (Lipinski definition) is 2. The molecule has 0 fully saturated rings. The van der Waals surface area contributed by atoms with Gasteiger partial charge in [0.25, 0.3) is 5.91 Å². The number of rotatable bonds is 9. The van der Waals surface area contributed by atoms with E-state index < -0.39 is 0 Å². The lowest BCUT2D eigenvalue weighted by molar-refractivity contribution is 0.0964. The molecule has 0 spiro atoms. The van der Waals surface area contributed by atoms with Gasteiger partial charge in [-0.25, -0.2) is 4.98 Å². The van der Waals surface area contributed by atoms with E-state index in [-0.39, 0.29) is 5.91 Å². The van der Waals surface area contributed by atoms with Crippen molar-refractivity contribution in [2.24, 2.45) is 7.05 Å². The highest BCUT2D eigenvalue weighted by Crippen LogP contribution is 2.38. The first-order valence-electron chi connectivity index (χ1n) is 13.7. The van der Waals surface area contributed by atoms with Crippen molar-refractivity contribution in [3.63, 3.8) is 0 Å². The minimum Gasteiger partial charge on any atom is -0.496 e. The number of carbonyl (C=O) groups excluding carboxylic acids is 1. The summed E-state index contributed by atoms with van der Waals surface area (Å²) in [6, 6.07) is 28.5. The summed E-state index contributed by atoms with van der Waals surface area (Å²) in [5, 5.41) is 11.8. The third-order valence-electron chi connectivity index (χ3n) is 7.24. The fourth-order valence-electron chi connectivity index (χ4n) is 5.17. The van der Waals surface area contributed by atoms with Crippen LogP contribution >= 0.6 is 0 Å². The van der Waals surface area contributed by atoms with Gasteiger partial charge in [0.1, 0.15) is 11.4 Å². The highest BCUT2D eigenvalue weighted by Gasteiger charge is 2.22. The Morgan fingerprint density at radius 1 is 0.976 bits per heavy atom. The largest absolute Gasteiger partial charge is 0.496 e. The third-order valence-corrected chi connectivity index (χ3v) is 7.24. The number of nitrogens with zero attached hydrogens (tertiary/aromatic N) is 5. The second kappa shape index (κ2) is 11.6. The number of aromatic amines is 1. The van der Waals surface area contributed by atoms with Crippen LogP contribution in [0.15, 0.2) is 97.3 Å². The summed E-state index contributed by atoms with van der Waals surface area (Å²) in [5.74, 6) is 1.23. The van der Waals surface area contributed by atoms with Crippen molar-refractivity contribution in [3.8, 4) is 28.3 Å². The summed E-state index contributed by atoms with van der Waals surface area (Å²) in [6.07, 6.45) is 3.52. The second-order valence-corrected chi connectivity index (χ2v) is 10.1. The number of aryl methyl sites for hydroxylation is 1. The fourth-order valence-corrected chi connectivity index (χ4v) is 5.17. The SMILES string of the molecule is CNC(=O)c1cnc(N(Cc2ccccc2)Cc2ccccc2)c2[nH]c(-c3ccc(-c4cn(C)nn4)cc3OC)cc12. The molecule has 3 aromatic heterocycles. The number of fused-ring (bicyclic) bond motifs is 1. The van der Waals surface area contributed by atoms with Crippen molar-refractivity contribution in [1.82, 2.24) is 30.3 Å². The highest BCUT2D eigenvalue weighted by molar-refractivity contribution is 6.09. The smallest absolute Gasteiger partial charge is 0.253 e. The van der Waals surface area contributed by atoms with Crippen LogP contribution in [-0.4, -0.2) is 45.0 Å². The number of ether oxygens (including phenoxy) is 1. The van der Waals surface area contributed by atoms with E-state index >= 15 is 0 Å². The van der Waals surface area contributed by atoms with Gasteiger partial charge in [-0.3, -0.25) is 9.48 Å². The molecule has 0 aliphatic heterocycles. The molecule has 210 valence electrons. The first-order chi connectivity index (χ1) is 20.5. The maximum atomic E-state index is 12.9. The van der Waals surface area contributed by atoms with Gasteiger partial charge >= 0.3 is 0 Å². The summed E-state index contributed by atoms with van der Waals surface area (Å²) in [7, 11) is 5.11. The number of anilines is 1. The first-order valence-corrected chi connectivity index (χ1v) is 13.7. The lowest BCUT2D eigenvalue weighted by Gasteiger charge is -2.25. The Balaban J connectivity index is 1.49. The molecule has 0 aliphatic rings. The van der Waals surface area contributed by atoms with Crippen LogP contribution in [0.5, 0.6) is 5.75 Å². The molecule has 0 atom stereocenters. The van der Waals surface area contributed by atoms with Crippen LogP contribution in [-0.2, 0) is 20.1 Å². The van der Waals surface area contributed by atoms with Crippen molar-refractivity contribution in [3.05, 3.63) is 114 Å². The molecule has 0 saturated carbocycles. The van der Waals surface area contributed by atoms with E-state index in [0.29, 0.717) is 24.4 Å². The van der Waals surface area contributed by atoms with E-state index in [1.807, 2.05) is 73.9 Å². The number of methoxy groups -OCH3 is 1.